The van der Waals surface area contributed by atoms with Gasteiger partial charge in [-0.1, -0.05) is 6.07 Å². The minimum atomic E-state index is -0.425. The van der Waals surface area contributed by atoms with Crippen LogP contribution in [0.2, 0.25) is 0 Å². The number of aromatic nitrogens is 2. The molecule has 4 aromatic rings. The fraction of sp³-hybridized carbons (Fsp3) is 0.261. The molecule has 2 aromatic heterocycles. The zero-order valence-corrected chi connectivity index (χ0v) is 15.8. The summed E-state index contributed by atoms with van der Waals surface area (Å²) < 4.78 is 28.1. The number of rotatable bonds is 4. The molecular weight excluding hydrogens is 372 g/mol. The Labute approximate surface area is 166 Å². The molecule has 0 saturated carbocycles. The second kappa shape index (κ2) is 7.12. The molecule has 1 aliphatic rings. The third-order valence-corrected chi connectivity index (χ3v) is 6.17. The summed E-state index contributed by atoms with van der Waals surface area (Å²) in [5, 5.41) is 1.41. The minimum absolute atomic E-state index is 0.201. The van der Waals surface area contributed by atoms with E-state index < -0.39 is 6.04 Å². The Morgan fingerprint density at radius 2 is 1.83 bits per heavy atom. The third-order valence-electron chi connectivity index (χ3n) is 6.17. The van der Waals surface area contributed by atoms with Crippen LogP contribution >= 0.6 is 0 Å². The molecule has 5 rings (SSSR count). The van der Waals surface area contributed by atoms with Crippen LogP contribution < -0.4 is 0 Å². The van der Waals surface area contributed by atoms with Crippen molar-refractivity contribution in [3.05, 3.63) is 71.6 Å². The lowest BCUT2D eigenvalue weighted by molar-refractivity contribution is -0.113. The molecule has 6 heteroatoms. The van der Waals surface area contributed by atoms with Gasteiger partial charge in [0.1, 0.15) is 17.9 Å². The van der Waals surface area contributed by atoms with Crippen LogP contribution in [-0.2, 0) is 4.79 Å². The maximum Gasteiger partial charge on any atom is 0.141 e. The monoisotopic (exact) mass is 393 g/mol. The highest BCUT2D eigenvalue weighted by Gasteiger charge is 2.29. The van der Waals surface area contributed by atoms with Crippen LogP contribution in [0, 0.1) is 11.6 Å². The molecule has 1 fully saturated rings. The van der Waals surface area contributed by atoms with Gasteiger partial charge in [0.2, 0.25) is 0 Å². The molecule has 148 valence electrons. The summed E-state index contributed by atoms with van der Waals surface area (Å²) in [5.41, 5.74) is 3.44. The maximum absolute atomic E-state index is 14.4. The number of carbonyl (C=O) groups excluding carboxylic acids is 1. The van der Waals surface area contributed by atoms with Gasteiger partial charge < -0.3 is 14.8 Å². The molecule has 1 aliphatic heterocycles. The van der Waals surface area contributed by atoms with Gasteiger partial charge in [-0.05, 0) is 67.7 Å². The van der Waals surface area contributed by atoms with Gasteiger partial charge in [-0.2, -0.15) is 0 Å². The molecule has 1 atom stereocenters. The summed E-state index contributed by atoms with van der Waals surface area (Å²) in [6, 6.07) is 9.23. The number of carbonyl (C=O) groups is 1. The molecule has 0 aliphatic carbocycles. The Balaban J connectivity index is 1.39. The van der Waals surface area contributed by atoms with Gasteiger partial charge in [-0.25, -0.2) is 8.78 Å². The molecule has 0 bridgehead atoms. The van der Waals surface area contributed by atoms with E-state index in [4.69, 9.17) is 0 Å². The first kappa shape index (κ1) is 18.1. The van der Waals surface area contributed by atoms with Crippen LogP contribution in [0.3, 0.4) is 0 Å². The number of hydrogen-bond acceptors (Lipinski definition) is 2. The molecule has 2 N–H and O–H groups in total. The number of piperidine rings is 1. The molecule has 0 amide bonds. The van der Waals surface area contributed by atoms with Crippen molar-refractivity contribution in [3.8, 4) is 0 Å². The first-order valence-corrected chi connectivity index (χ1v) is 9.87. The highest BCUT2D eigenvalue weighted by molar-refractivity contribution is 5.87. The van der Waals surface area contributed by atoms with E-state index in [2.05, 4.69) is 14.9 Å². The molecular formula is C23H21F2N3O. The SMILES string of the molecule is O=CC(c1c[nH]c2ccc(F)cc12)N1CCC(c2c[nH]c3cccc(F)c23)CC1. The summed E-state index contributed by atoms with van der Waals surface area (Å²) in [5.74, 6) is -0.277. The van der Waals surface area contributed by atoms with E-state index in [0.717, 1.165) is 59.8 Å². The van der Waals surface area contributed by atoms with Crippen molar-refractivity contribution in [1.29, 1.82) is 0 Å². The highest BCUT2D eigenvalue weighted by Crippen LogP contribution is 2.37. The Hall–Kier alpha value is -2.99. The molecule has 0 spiro atoms. The lowest BCUT2D eigenvalue weighted by Gasteiger charge is -2.35. The van der Waals surface area contributed by atoms with E-state index >= 15 is 0 Å². The number of nitrogens with zero attached hydrogens (tertiary/aromatic N) is 1. The number of halogens is 2. The smallest absolute Gasteiger partial charge is 0.141 e. The van der Waals surface area contributed by atoms with Crippen LogP contribution in [0.1, 0.15) is 35.9 Å². The van der Waals surface area contributed by atoms with E-state index in [0.29, 0.717) is 5.39 Å². The predicted molar refractivity (Wildman–Crippen MR) is 109 cm³/mol. The zero-order valence-electron chi connectivity index (χ0n) is 15.8. The topological polar surface area (TPSA) is 51.9 Å². The normalized spacial score (nSPS) is 17.2. The van der Waals surface area contributed by atoms with E-state index in [1.54, 1.807) is 18.3 Å². The molecule has 1 saturated heterocycles. The van der Waals surface area contributed by atoms with E-state index in [1.807, 2.05) is 12.3 Å². The molecule has 4 nitrogen and oxygen atoms in total. The molecule has 1 unspecified atom stereocenters. The lowest BCUT2D eigenvalue weighted by Crippen LogP contribution is -2.36. The van der Waals surface area contributed by atoms with Crippen LogP contribution in [-0.4, -0.2) is 34.2 Å². The van der Waals surface area contributed by atoms with E-state index in [-0.39, 0.29) is 17.6 Å². The van der Waals surface area contributed by atoms with Crippen molar-refractivity contribution in [2.45, 2.75) is 24.8 Å². The van der Waals surface area contributed by atoms with Crippen molar-refractivity contribution >= 4 is 28.1 Å². The van der Waals surface area contributed by atoms with Crippen LogP contribution in [0.15, 0.2) is 48.8 Å². The average Bonchev–Trinajstić information content (AvgIpc) is 3.35. The summed E-state index contributed by atoms with van der Waals surface area (Å²) in [6.45, 7) is 1.44. The van der Waals surface area contributed by atoms with Crippen molar-refractivity contribution in [2.24, 2.45) is 0 Å². The predicted octanol–water partition coefficient (Wildman–Crippen LogP) is 5.05. The Kier molecular flexibility index (Phi) is 4.43. The van der Waals surface area contributed by atoms with Crippen LogP contribution in [0.4, 0.5) is 8.78 Å². The number of aldehydes is 1. The summed E-state index contributed by atoms with van der Waals surface area (Å²) in [4.78, 5) is 20.4. The average molecular weight is 393 g/mol. The van der Waals surface area contributed by atoms with Gasteiger partial charge in [0.05, 0.1) is 6.04 Å². The number of aromatic amines is 2. The minimum Gasteiger partial charge on any atom is -0.361 e. The van der Waals surface area contributed by atoms with Crippen molar-refractivity contribution in [3.63, 3.8) is 0 Å². The van der Waals surface area contributed by atoms with E-state index in [9.17, 15) is 13.6 Å². The summed E-state index contributed by atoms with van der Waals surface area (Å²) >= 11 is 0. The zero-order chi connectivity index (χ0) is 20.0. The Bertz CT molecular complexity index is 1190. The molecule has 0 radical (unpaired) electrons. The molecule has 29 heavy (non-hydrogen) atoms. The number of likely N-dealkylation sites (tertiary alicyclic amines) is 1. The van der Waals surface area contributed by atoms with Gasteiger partial charge in [0, 0.05) is 39.8 Å². The first-order valence-electron chi connectivity index (χ1n) is 9.87. The van der Waals surface area contributed by atoms with Crippen molar-refractivity contribution < 1.29 is 13.6 Å². The van der Waals surface area contributed by atoms with Crippen LogP contribution in [0.25, 0.3) is 21.8 Å². The van der Waals surface area contributed by atoms with Crippen LogP contribution in [0.5, 0.6) is 0 Å². The quantitative estimate of drug-likeness (QED) is 0.477. The largest absolute Gasteiger partial charge is 0.361 e. The second-order valence-electron chi connectivity index (χ2n) is 7.73. The number of nitrogens with one attached hydrogen (secondary N) is 2. The Morgan fingerprint density at radius 3 is 2.62 bits per heavy atom. The van der Waals surface area contributed by atoms with Gasteiger partial charge >= 0.3 is 0 Å². The van der Waals surface area contributed by atoms with Gasteiger partial charge in [-0.3, -0.25) is 4.90 Å². The fourth-order valence-electron chi connectivity index (χ4n) is 4.69. The van der Waals surface area contributed by atoms with Crippen molar-refractivity contribution in [2.75, 3.05) is 13.1 Å². The van der Waals surface area contributed by atoms with Gasteiger partial charge in [-0.15, -0.1) is 0 Å². The second-order valence-corrected chi connectivity index (χ2v) is 7.73. The first-order chi connectivity index (χ1) is 14.2. The summed E-state index contributed by atoms with van der Waals surface area (Å²) in [7, 11) is 0. The lowest BCUT2D eigenvalue weighted by atomic mass is 9.88. The van der Waals surface area contributed by atoms with Crippen molar-refractivity contribution in [1.82, 2.24) is 14.9 Å². The number of H-pyrrole nitrogens is 2. The molecule has 2 aromatic carbocycles. The number of benzene rings is 2. The Morgan fingerprint density at radius 1 is 1.03 bits per heavy atom. The number of fused-ring (bicyclic) bond motifs is 2. The molecule has 3 heterocycles. The maximum atomic E-state index is 14.4. The fourth-order valence-corrected chi connectivity index (χ4v) is 4.69. The van der Waals surface area contributed by atoms with Gasteiger partial charge in [0.25, 0.3) is 0 Å². The number of hydrogen-bond donors (Lipinski definition) is 2. The summed E-state index contributed by atoms with van der Waals surface area (Å²) in [6.07, 6.45) is 6.31. The highest BCUT2D eigenvalue weighted by atomic mass is 19.1. The van der Waals surface area contributed by atoms with E-state index in [1.165, 1.54) is 18.2 Å². The third kappa shape index (κ3) is 3.04. The standard InChI is InChI=1S/C23H21F2N3O/c24-15-4-5-20-16(10-15)18(12-26-20)22(13-29)28-8-6-14(7-9-28)17-11-27-21-3-1-2-19(25)23(17)21/h1-5,10-14,22,26-27H,6-9H2. The van der Waals surface area contributed by atoms with Gasteiger partial charge in [0.15, 0.2) is 0 Å².